The van der Waals surface area contributed by atoms with Crippen LogP contribution in [0.1, 0.15) is 20.3 Å². The maximum absolute atomic E-state index is 11.1. The summed E-state index contributed by atoms with van der Waals surface area (Å²) in [5, 5.41) is 8.24. The van der Waals surface area contributed by atoms with Gasteiger partial charge in [-0.05, 0) is 5.92 Å². The Hall–Kier alpha value is -0.620. The Morgan fingerprint density at radius 1 is 1.54 bits per heavy atom. The molecule has 1 unspecified atom stereocenters. The van der Waals surface area contributed by atoms with E-state index < -0.39 is 22.5 Å². The van der Waals surface area contributed by atoms with Crippen LogP contribution in [-0.4, -0.2) is 31.8 Å². The van der Waals surface area contributed by atoms with Crippen LogP contribution >= 0.6 is 0 Å². The summed E-state index contributed by atoms with van der Waals surface area (Å²) >= 11 is 0. The van der Waals surface area contributed by atoms with Crippen molar-refractivity contribution in [2.75, 3.05) is 12.3 Å². The summed E-state index contributed by atoms with van der Waals surface area (Å²) in [6.07, 6.45) is 0.758. The number of hydrogen-bond acceptors (Lipinski definition) is 3. The zero-order chi connectivity index (χ0) is 10.5. The molecule has 0 aliphatic rings. The number of aliphatic carboxylic acids is 1. The van der Waals surface area contributed by atoms with Gasteiger partial charge in [0, 0.05) is 0 Å². The number of carboxylic acids is 1. The first-order valence-corrected chi connectivity index (χ1v) is 5.71. The van der Waals surface area contributed by atoms with Crippen LogP contribution in [0.5, 0.6) is 0 Å². The Balaban J connectivity index is 4.02. The molecule has 6 heteroatoms. The topological polar surface area (TPSA) is 83.5 Å². The van der Waals surface area contributed by atoms with Crippen molar-refractivity contribution in [2.24, 2.45) is 5.92 Å². The minimum absolute atomic E-state index is 0.0171. The normalized spacial score (nSPS) is 14.0. The third kappa shape index (κ3) is 6.53. The van der Waals surface area contributed by atoms with Crippen molar-refractivity contribution in [3.8, 4) is 0 Å². The largest absolute Gasteiger partial charge is 0.480 e. The molecule has 0 aliphatic carbocycles. The highest BCUT2D eigenvalue weighted by Crippen LogP contribution is 2.03. The van der Waals surface area contributed by atoms with Gasteiger partial charge in [0.1, 0.15) is 6.54 Å². The molecule has 0 aromatic carbocycles. The molecule has 0 aromatic heterocycles. The molecule has 0 aromatic rings. The third-order valence-corrected chi connectivity index (χ3v) is 3.24. The van der Waals surface area contributed by atoms with Crippen LogP contribution in [0.15, 0.2) is 0 Å². The zero-order valence-electron chi connectivity index (χ0n) is 7.78. The number of carbonyl (C=O) groups is 1. The number of carboxylic acid groups (broad SMARTS) is 1. The average Bonchev–Trinajstić information content (AvgIpc) is 2.00. The van der Waals surface area contributed by atoms with Crippen molar-refractivity contribution in [2.45, 2.75) is 20.3 Å². The summed E-state index contributed by atoms with van der Waals surface area (Å²) in [5.41, 5.74) is 0. The molecule has 0 spiro atoms. The van der Waals surface area contributed by atoms with Gasteiger partial charge in [-0.3, -0.25) is 4.79 Å². The maximum atomic E-state index is 11.1. The number of rotatable bonds is 6. The molecule has 0 heterocycles. The molecule has 2 N–H and O–H groups in total. The molecule has 0 aliphatic heterocycles. The first kappa shape index (κ1) is 12.4. The van der Waals surface area contributed by atoms with Gasteiger partial charge >= 0.3 is 5.97 Å². The van der Waals surface area contributed by atoms with Gasteiger partial charge in [-0.25, -0.2) is 13.1 Å². The van der Waals surface area contributed by atoms with E-state index in [0.29, 0.717) is 0 Å². The SMILES string of the molecule is CCC(C)CS(=O)(=O)NCC(=O)O. The van der Waals surface area contributed by atoms with Crippen molar-refractivity contribution in [3.63, 3.8) is 0 Å². The van der Waals surface area contributed by atoms with Crippen LogP contribution in [0.25, 0.3) is 0 Å². The highest BCUT2D eigenvalue weighted by Gasteiger charge is 2.14. The zero-order valence-corrected chi connectivity index (χ0v) is 8.60. The standard InChI is InChI=1S/C7H15NO4S/c1-3-6(2)5-13(11,12)8-4-7(9)10/h6,8H,3-5H2,1-2H3,(H,9,10). The van der Waals surface area contributed by atoms with E-state index >= 15 is 0 Å². The van der Waals surface area contributed by atoms with E-state index in [-0.39, 0.29) is 11.7 Å². The Morgan fingerprint density at radius 2 is 2.08 bits per heavy atom. The van der Waals surface area contributed by atoms with E-state index in [2.05, 4.69) is 0 Å². The van der Waals surface area contributed by atoms with Crippen LogP contribution in [0.3, 0.4) is 0 Å². The van der Waals surface area contributed by atoms with E-state index in [4.69, 9.17) is 5.11 Å². The van der Waals surface area contributed by atoms with Gasteiger partial charge in [0.25, 0.3) is 0 Å². The van der Waals surface area contributed by atoms with E-state index in [1.165, 1.54) is 0 Å². The summed E-state index contributed by atoms with van der Waals surface area (Å²) < 4.78 is 24.3. The molecular formula is C7H15NO4S. The van der Waals surface area contributed by atoms with Crippen LogP contribution in [-0.2, 0) is 14.8 Å². The van der Waals surface area contributed by atoms with Crippen LogP contribution in [0.4, 0.5) is 0 Å². The molecule has 78 valence electrons. The summed E-state index contributed by atoms with van der Waals surface area (Å²) in [5.74, 6) is -1.14. The lowest BCUT2D eigenvalue weighted by Gasteiger charge is -2.08. The molecule has 0 bridgehead atoms. The van der Waals surface area contributed by atoms with E-state index in [1.54, 1.807) is 6.92 Å². The van der Waals surface area contributed by atoms with Gasteiger partial charge in [-0.1, -0.05) is 20.3 Å². The first-order valence-electron chi connectivity index (χ1n) is 4.06. The smallest absolute Gasteiger partial charge is 0.318 e. The van der Waals surface area contributed by atoms with E-state index in [9.17, 15) is 13.2 Å². The molecule has 0 fully saturated rings. The second kappa shape index (κ2) is 5.18. The number of sulfonamides is 1. The van der Waals surface area contributed by atoms with Crippen molar-refractivity contribution in [3.05, 3.63) is 0 Å². The fourth-order valence-corrected chi connectivity index (χ4v) is 2.17. The van der Waals surface area contributed by atoms with Crippen molar-refractivity contribution >= 4 is 16.0 Å². The predicted octanol–water partition coefficient (Wildman–Crippen LogP) is 0.0365. The number of hydrogen-bond donors (Lipinski definition) is 2. The van der Waals surface area contributed by atoms with E-state index in [0.717, 1.165) is 6.42 Å². The average molecular weight is 209 g/mol. The molecule has 0 radical (unpaired) electrons. The second-order valence-corrected chi connectivity index (χ2v) is 4.86. The number of nitrogens with one attached hydrogen (secondary N) is 1. The minimum atomic E-state index is -3.42. The fraction of sp³-hybridized carbons (Fsp3) is 0.857. The lowest BCUT2D eigenvalue weighted by atomic mass is 10.2. The highest BCUT2D eigenvalue weighted by atomic mass is 32.2. The summed E-state index contributed by atoms with van der Waals surface area (Å²) in [6.45, 7) is 3.15. The molecule has 0 amide bonds. The molecule has 5 nitrogen and oxygen atoms in total. The van der Waals surface area contributed by atoms with Gasteiger partial charge in [0.15, 0.2) is 0 Å². The van der Waals surface area contributed by atoms with Gasteiger partial charge in [-0.15, -0.1) is 0 Å². The summed E-state index contributed by atoms with van der Waals surface area (Å²) in [4.78, 5) is 10.1. The molecule has 0 saturated heterocycles. The highest BCUT2D eigenvalue weighted by molar-refractivity contribution is 7.89. The fourth-order valence-electron chi connectivity index (χ4n) is 0.723. The molecular weight excluding hydrogens is 194 g/mol. The molecule has 0 saturated carbocycles. The molecule has 1 atom stereocenters. The quantitative estimate of drug-likeness (QED) is 0.646. The summed E-state index contributed by atoms with van der Waals surface area (Å²) in [7, 11) is -3.42. The Bertz CT molecular complexity index is 260. The Labute approximate surface area is 78.2 Å². The summed E-state index contributed by atoms with van der Waals surface area (Å²) in [6, 6.07) is 0. The predicted molar refractivity (Wildman–Crippen MR) is 48.9 cm³/mol. The minimum Gasteiger partial charge on any atom is -0.480 e. The monoisotopic (exact) mass is 209 g/mol. The lowest BCUT2D eigenvalue weighted by Crippen LogP contribution is -2.33. The van der Waals surface area contributed by atoms with Crippen LogP contribution in [0, 0.1) is 5.92 Å². The first-order chi connectivity index (χ1) is 5.87. The van der Waals surface area contributed by atoms with Crippen LogP contribution in [0.2, 0.25) is 0 Å². The van der Waals surface area contributed by atoms with Crippen molar-refractivity contribution in [1.82, 2.24) is 4.72 Å². The lowest BCUT2D eigenvalue weighted by molar-refractivity contribution is -0.135. The van der Waals surface area contributed by atoms with Gasteiger partial charge in [0.2, 0.25) is 10.0 Å². The van der Waals surface area contributed by atoms with Gasteiger partial charge in [0.05, 0.1) is 5.75 Å². The van der Waals surface area contributed by atoms with Gasteiger partial charge in [-0.2, -0.15) is 0 Å². The third-order valence-electron chi connectivity index (χ3n) is 1.64. The second-order valence-electron chi connectivity index (χ2n) is 3.01. The van der Waals surface area contributed by atoms with E-state index in [1.807, 2.05) is 11.6 Å². The van der Waals surface area contributed by atoms with Crippen LogP contribution < -0.4 is 4.72 Å². The maximum Gasteiger partial charge on any atom is 0.318 e. The Kier molecular flexibility index (Phi) is 4.94. The van der Waals surface area contributed by atoms with Crippen molar-refractivity contribution < 1.29 is 18.3 Å². The van der Waals surface area contributed by atoms with Gasteiger partial charge < -0.3 is 5.11 Å². The molecule has 13 heavy (non-hydrogen) atoms. The van der Waals surface area contributed by atoms with Crippen molar-refractivity contribution in [1.29, 1.82) is 0 Å². The molecule has 0 rings (SSSR count). The Morgan fingerprint density at radius 3 is 2.46 bits per heavy atom.